The molecule has 2 aliphatic rings. The zero-order valence-electron chi connectivity index (χ0n) is 16.3. The number of amides is 1. The third-order valence-corrected chi connectivity index (χ3v) is 6.22. The first-order valence-electron chi connectivity index (χ1n) is 9.92. The molecule has 4 rings (SSSR count). The minimum Gasteiger partial charge on any atom is -0.478 e. The molecule has 2 fully saturated rings. The van der Waals surface area contributed by atoms with Crippen LogP contribution in [0.1, 0.15) is 48.0 Å². The molecule has 1 aliphatic carbocycles. The lowest BCUT2D eigenvalue weighted by Crippen LogP contribution is -2.40. The van der Waals surface area contributed by atoms with Crippen LogP contribution in [0.4, 0.5) is 10.1 Å². The first-order valence-corrected chi connectivity index (χ1v) is 10.7. The van der Waals surface area contributed by atoms with Crippen LogP contribution in [0.2, 0.25) is 0 Å². The smallest absolute Gasteiger partial charge is 0.335 e. The molecule has 1 N–H and O–H groups in total. The highest BCUT2D eigenvalue weighted by molar-refractivity contribution is 8.18. The van der Waals surface area contributed by atoms with Crippen LogP contribution in [0, 0.1) is 5.82 Å². The van der Waals surface area contributed by atoms with E-state index >= 15 is 0 Å². The van der Waals surface area contributed by atoms with Gasteiger partial charge in [0.1, 0.15) is 5.82 Å². The van der Waals surface area contributed by atoms with Crippen molar-refractivity contribution >= 4 is 40.6 Å². The van der Waals surface area contributed by atoms with Crippen LogP contribution in [0.5, 0.6) is 0 Å². The van der Waals surface area contributed by atoms with Crippen LogP contribution in [-0.2, 0) is 4.79 Å². The van der Waals surface area contributed by atoms with Crippen molar-refractivity contribution in [3.05, 3.63) is 70.4 Å². The average molecular weight is 424 g/mol. The van der Waals surface area contributed by atoms with E-state index < -0.39 is 5.97 Å². The average Bonchev–Trinajstić information content (AvgIpc) is 3.03. The molecule has 1 saturated carbocycles. The van der Waals surface area contributed by atoms with E-state index in [0.29, 0.717) is 21.3 Å². The third kappa shape index (κ3) is 4.46. The summed E-state index contributed by atoms with van der Waals surface area (Å²) in [5.41, 5.74) is 1.24. The second kappa shape index (κ2) is 8.83. The van der Waals surface area contributed by atoms with Crippen LogP contribution in [-0.4, -0.2) is 33.1 Å². The second-order valence-electron chi connectivity index (χ2n) is 7.38. The van der Waals surface area contributed by atoms with E-state index in [0.717, 1.165) is 32.1 Å². The number of thioether (sulfide) groups is 1. The van der Waals surface area contributed by atoms with Gasteiger partial charge in [0.15, 0.2) is 5.17 Å². The Hall–Kier alpha value is -2.93. The van der Waals surface area contributed by atoms with Gasteiger partial charge < -0.3 is 5.11 Å². The van der Waals surface area contributed by atoms with E-state index in [9.17, 15) is 19.1 Å². The molecule has 0 spiro atoms. The number of carbonyl (C=O) groups is 2. The number of carboxylic acids is 1. The van der Waals surface area contributed by atoms with Crippen molar-refractivity contribution in [2.75, 3.05) is 0 Å². The molecule has 1 saturated heterocycles. The van der Waals surface area contributed by atoms with Crippen molar-refractivity contribution < 1.29 is 19.1 Å². The van der Waals surface area contributed by atoms with E-state index in [1.165, 1.54) is 36.0 Å². The minimum atomic E-state index is -1.02. The van der Waals surface area contributed by atoms with E-state index in [1.54, 1.807) is 35.2 Å². The summed E-state index contributed by atoms with van der Waals surface area (Å²) in [7, 11) is 0. The number of aromatic carboxylic acids is 1. The van der Waals surface area contributed by atoms with E-state index in [4.69, 9.17) is 0 Å². The Morgan fingerprint density at radius 3 is 2.63 bits per heavy atom. The Morgan fingerprint density at radius 2 is 1.90 bits per heavy atom. The lowest BCUT2D eigenvalue weighted by atomic mass is 9.94. The fourth-order valence-corrected chi connectivity index (χ4v) is 4.85. The molecular weight excluding hydrogens is 403 g/mol. The van der Waals surface area contributed by atoms with Gasteiger partial charge in [0, 0.05) is 6.04 Å². The van der Waals surface area contributed by atoms with Gasteiger partial charge in [-0.3, -0.25) is 9.69 Å². The lowest BCUT2D eigenvalue weighted by molar-refractivity contribution is -0.124. The van der Waals surface area contributed by atoms with Crippen molar-refractivity contribution in [3.63, 3.8) is 0 Å². The molecule has 1 aliphatic heterocycles. The van der Waals surface area contributed by atoms with Gasteiger partial charge in [-0.1, -0.05) is 37.5 Å². The number of aliphatic imine (C=N–C) groups is 1. The maximum atomic E-state index is 13.6. The van der Waals surface area contributed by atoms with Gasteiger partial charge in [-0.15, -0.1) is 0 Å². The van der Waals surface area contributed by atoms with Crippen molar-refractivity contribution in [2.24, 2.45) is 4.99 Å². The van der Waals surface area contributed by atoms with Gasteiger partial charge in [0.25, 0.3) is 5.91 Å². The van der Waals surface area contributed by atoms with Crippen LogP contribution in [0.3, 0.4) is 0 Å². The van der Waals surface area contributed by atoms with Gasteiger partial charge in [-0.25, -0.2) is 14.2 Å². The molecule has 5 nitrogen and oxygen atoms in total. The fraction of sp³-hybridized carbons (Fsp3) is 0.261. The topological polar surface area (TPSA) is 70.0 Å². The summed E-state index contributed by atoms with van der Waals surface area (Å²) in [4.78, 5) is 31.4. The first kappa shape index (κ1) is 20.3. The van der Waals surface area contributed by atoms with Crippen LogP contribution in [0.25, 0.3) is 6.08 Å². The SMILES string of the molecule is O=C(O)c1cccc(N=C2S/C(=C\c3cccc(F)c3)C(=O)N2C2CCCCC2)c1. The highest BCUT2D eigenvalue weighted by Gasteiger charge is 2.38. The van der Waals surface area contributed by atoms with Gasteiger partial charge >= 0.3 is 5.97 Å². The third-order valence-electron chi connectivity index (χ3n) is 5.24. The van der Waals surface area contributed by atoms with Crippen LogP contribution < -0.4 is 0 Å². The molecular formula is C23H21FN2O3S. The largest absolute Gasteiger partial charge is 0.478 e. The molecule has 30 heavy (non-hydrogen) atoms. The summed E-state index contributed by atoms with van der Waals surface area (Å²) in [6.07, 6.45) is 6.78. The monoisotopic (exact) mass is 424 g/mol. The highest BCUT2D eigenvalue weighted by atomic mass is 32.2. The number of carbonyl (C=O) groups excluding carboxylic acids is 1. The van der Waals surface area contributed by atoms with Crippen molar-refractivity contribution in [1.82, 2.24) is 4.90 Å². The Morgan fingerprint density at radius 1 is 1.13 bits per heavy atom. The number of hydrogen-bond acceptors (Lipinski definition) is 4. The summed E-state index contributed by atoms with van der Waals surface area (Å²) < 4.78 is 13.6. The maximum Gasteiger partial charge on any atom is 0.335 e. The number of carboxylic acid groups (broad SMARTS) is 1. The molecule has 0 radical (unpaired) electrons. The zero-order chi connectivity index (χ0) is 21.1. The molecule has 154 valence electrons. The minimum absolute atomic E-state index is 0.0681. The van der Waals surface area contributed by atoms with Gasteiger partial charge in [-0.05, 0) is 66.6 Å². The van der Waals surface area contributed by atoms with Crippen LogP contribution in [0.15, 0.2) is 58.4 Å². The fourth-order valence-electron chi connectivity index (χ4n) is 3.79. The Kier molecular flexibility index (Phi) is 5.99. The van der Waals surface area contributed by atoms with E-state index in [-0.39, 0.29) is 23.3 Å². The summed E-state index contributed by atoms with van der Waals surface area (Å²) in [6, 6.07) is 12.5. The zero-order valence-corrected chi connectivity index (χ0v) is 17.1. The van der Waals surface area contributed by atoms with Crippen molar-refractivity contribution in [2.45, 2.75) is 38.1 Å². The van der Waals surface area contributed by atoms with Gasteiger partial charge in [0.05, 0.1) is 16.2 Å². The Bertz CT molecular complexity index is 1040. The number of hydrogen-bond donors (Lipinski definition) is 1. The van der Waals surface area contributed by atoms with Crippen molar-refractivity contribution in [3.8, 4) is 0 Å². The number of nitrogens with zero attached hydrogens (tertiary/aromatic N) is 2. The molecule has 2 aromatic rings. The molecule has 2 aromatic carbocycles. The molecule has 1 heterocycles. The first-order chi connectivity index (χ1) is 14.5. The molecule has 0 aromatic heterocycles. The van der Waals surface area contributed by atoms with E-state index in [2.05, 4.69) is 4.99 Å². The number of halogens is 1. The Labute approximate surface area is 178 Å². The number of amidine groups is 1. The molecule has 1 amide bonds. The normalized spacial score (nSPS) is 20.3. The van der Waals surface area contributed by atoms with Gasteiger partial charge in [0.2, 0.25) is 0 Å². The molecule has 7 heteroatoms. The summed E-state index contributed by atoms with van der Waals surface area (Å²) in [5, 5.41) is 9.78. The molecule has 0 unspecified atom stereocenters. The second-order valence-corrected chi connectivity index (χ2v) is 8.39. The number of benzene rings is 2. The Balaban J connectivity index is 1.71. The summed E-state index contributed by atoms with van der Waals surface area (Å²) >= 11 is 1.25. The predicted molar refractivity (Wildman–Crippen MR) is 116 cm³/mol. The summed E-state index contributed by atoms with van der Waals surface area (Å²) in [6.45, 7) is 0. The van der Waals surface area contributed by atoms with Gasteiger partial charge in [-0.2, -0.15) is 0 Å². The van der Waals surface area contributed by atoms with Crippen LogP contribution >= 0.6 is 11.8 Å². The predicted octanol–water partition coefficient (Wildman–Crippen LogP) is 5.46. The van der Waals surface area contributed by atoms with Crippen molar-refractivity contribution in [1.29, 1.82) is 0 Å². The standard InChI is InChI=1S/C23H21FN2O3S/c24-17-8-4-6-15(12-17)13-20-21(27)26(19-10-2-1-3-11-19)23(30-20)25-18-9-5-7-16(14-18)22(28)29/h4-9,12-14,19H,1-3,10-11H2,(H,28,29)/b20-13-,25-23?. The molecule has 0 atom stereocenters. The molecule has 0 bridgehead atoms. The summed E-state index contributed by atoms with van der Waals surface area (Å²) in [5.74, 6) is -1.52. The highest BCUT2D eigenvalue weighted by Crippen LogP contribution is 2.38. The maximum absolute atomic E-state index is 13.6. The quantitative estimate of drug-likeness (QED) is 0.662. The number of rotatable bonds is 4. The lowest BCUT2D eigenvalue weighted by Gasteiger charge is -2.30. The van der Waals surface area contributed by atoms with E-state index in [1.807, 2.05) is 0 Å².